The summed E-state index contributed by atoms with van der Waals surface area (Å²) < 4.78 is 2.28. The summed E-state index contributed by atoms with van der Waals surface area (Å²) >= 11 is 12.5. The van der Waals surface area contributed by atoms with Crippen LogP contribution in [-0.4, -0.2) is 9.55 Å². The van der Waals surface area contributed by atoms with Crippen LogP contribution in [-0.2, 0) is 6.54 Å². The van der Waals surface area contributed by atoms with Crippen LogP contribution in [0.1, 0.15) is 44.0 Å². The summed E-state index contributed by atoms with van der Waals surface area (Å²) in [5, 5.41) is 1.30. The van der Waals surface area contributed by atoms with Crippen LogP contribution < -0.4 is 0 Å². The monoisotopic (exact) mass is 372 g/mol. The lowest BCUT2D eigenvalue weighted by Gasteiger charge is -2.07. The first kappa shape index (κ1) is 18.0. The van der Waals surface area contributed by atoms with Gasteiger partial charge in [0.15, 0.2) is 0 Å². The Bertz CT molecular complexity index is 860. The second-order valence-electron chi connectivity index (χ2n) is 6.14. The Morgan fingerprint density at radius 2 is 1.68 bits per heavy atom. The molecule has 130 valence electrons. The Hall–Kier alpha value is -1.77. The average molecular weight is 373 g/mol. The first-order chi connectivity index (χ1) is 12.2. The molecule has 3 rings (SSSR count). The fourth-order valence-electron chi connectivity index (χ4n) is 2.98. The number of hydrogen-bond acceptors (Lipinski definition) is 1. The molecule has 0 aliphatic heterocycles. The third-order valence-electron chi connectivity index (χ3n) is 4.32. The Morgan fingerprint density at radius 1 is 0.920 bits per heavy atom. The number of imidazole rings is 1. The predicted octanol–water partition coefficient (Wildman–Crippen LogP) is 7.09. The zero-order chi connectivity index (χ0) is 17.6. The van der Waals surface area contributed by atoms with E-state index in [0.717, 1.165) is 29.9 Å². The van der Waals surface area contributed by atoms with Gasteiger partial charge in [0.25, 0.3) is 0 Å². The van der Waals surface area contributed by atoms with Gasteiger partial charge >= 0.3 is 0 Å². The maximum atomic E-state index is 6.27. The van der Waals surface area contributed by atoms with Crippen molar-refractivity contribution in [1.29, 1.82) is 0 Å². The highest BCUT2D eigenvalue weighted by atomic mass is 35.5. The number of halogens is 2. The Balaban J connectivity index is 1.93. The molecule has 0 radical (unpaired) electrons. The maximum Gasteiger partial charge on any atom is 0.133 e. The van der Waals surface area contributed by atoms with E-state index in [4.69, 9.17) is 28.2 Å². The van der Waals surface area contributed by atoms with Crippen LogP contribution in [0.3, 0.4) is 0 Å². The van der Waals surface area contributed by atoms with Crippen LogP contribution in [0.25, 0.3) is 23.2 Å². The number of benzene rings is 2. The number of aromatic nitrogens is 2. The van der Waals surface area contributed by atoms with Crippen LogP contribution in [0.15, 0.2) is 42.5 Å². The number of rotatable bonds is 7. The van der Waals surface area contributed by atoms with Crippen molar-refractivity contribution in [2.24, 2.45) is 0 Å². The minimum Gasteiger partial charge on any atom is -0.324 e. The summed E-state index contributed by atoms with van der Waals surface area (Å²) in [6.45, 7) is 3.20. The predicted molar refractivity (Wildman–Crippen MR) is 109 cm³/mol. The van der Waals surface area contributed by atoms with Crippen molar-refractivity contribution in [1.82, 2.24) is 9.55 Å². The van der Waals surface area contributed by atoms with Crippen molar-refractivity contribution in [3.05, 3.63) is 63.9 Å². The summed E-state index contributed by atoms with van der Waals surface area (Å²) in [6, 6.07) is 13.8. The molecule has 0 aliphatic rings. The third-order valence-corrected chi connectivity index (χ3v) is 4.98. The third kappa shape index (κ3) is 4.26. The fraction of sp³-hybridized carbons (Fsp3) is 0.286. The summed E-state index contributed by atoms with van der Waals surface area (Å²) in [6.07, 6.45) is 8.86. The molecule has 0 N–H and O–H groups in total. The van der Waals surface area contributed by atoms with Gasteiger partial charge in [0.2, 0.25) is 0 Å². The molecule has 2 aromatic carbocycles. The molecule has 0 atom stereocenters. The Morgan fingerprint density at radius 3 is 2.44 bits per heavy atom. The molecule has 1 heterocycles. The molecule has 1 aromatic heterocycles. The van der Waals surface area contributed by atoms with Gasteiger partial charge in [-0.2, -0.15) is 0 Å². The maximum absolute atomic E-state index is 6.27. The lowest BCUT2D eigenvalue weighted by Crippen LogP contribution is -2.00. The quantitative estimate of drug-likeness (QED) is 0.404. The Labute approximate surface area is 159 Å². The van der Waals surface area contributed by atoms with E-state index in [-0.39, 0.29) is 0 Å². The van der Waals surface area contributed by atoms with E-state index in [2.05, 4.69) is 29.7 Å². The van der Waals surface area contributed by atoms with Gasteiger partial charge in [0.05, 0.1) is 11.0 Å². The van der Waals surface area contributed by atoms with E-state index < -0.39 is 0 Å². The SMILES string of the molecule is CCCCCCn1c(/C=C/c2c(Cl)cccc2Cl)nc2ccccc21. The van der Waals surface area contributed by atoms with Crippen molar-refractivity contribution in [3.8, 4) is 0 Å². The van der Waals surface area contributed by atoms with Crippen molar-refractivity contribution in [3.63, 3.8) is 0 Å². The molecule has 25 heavy (non-hydrogen) atoms. The van der Waals surface area contributed by atoms with Crippen LogP contribution in [0.4, 0.5) is 0 Å². The van der Waals surface area contributed by atoms with Gasteiger partial charge in [-0.25, -0.2) is 4.98 Å². The minimum atomic E-state index is 0.648. The van der Waals surface area contributed by atoms with Crippen molar-refractivity contribution in [2.45, 2.75) is 39.2 Å². The van der Waals surface area contributed by atoms with Gasteiger partial charge in [-0.1, -0.05) is 67.6 Å². The summed E-state index contributed by atoms with van der Waals surface area (Å²) in [5.74, 6) is 0.939. The zero-order valence-electron chi connectivity index (χ0n) is 14.4. The second kappa shape index (κ2) is 8.55. The molecule has 0 saturated carbocycles. The molecule has 2 nitrogen and oxygen atoms in total. The lowest BCUT2D eigenvalue weighted by atomic mass is 10.2. The molecule has 0 spiro atoms. The molecular formula is C21H22Cl2N2. The van der Waals surface area contributed by atoms with E-state index >= 15 is 0 Å². The highest BCUT2D eigenvalue weighted by molar-refractivity contribution is 6.37. The van der Waals surface area contributed by atoms with Gasteiger partial charge < -0.3 is 4.57 Å². The molecule has 0 aliphatic carbocycles. The van der Waals surface area contributed by atoms with Crippen molar-refractivity contribution < 1.29 is 0 Å². The Kier molecular flexibility index (Phi) is 6.17. The molecule has 0 bridgehead atoms. The average Bonchev–Trinajstić information content (AvgIpc) is 2.96. The van der Waals surface area contributed by atoms with Gasteiger partial charge in [-0.05, 0) is 42.8 Å². The van der Waals surface area contributed by atoms with E-state index in [0.29, 0.717) is 10.0 Å². The van der Waals surface area contributed by atoms with Gasteiger partial charge in [-0.3, -0.25) is 0 Å². The molecule has 0 amide bonds. The van der Waals surface area contributed by atoms with E-state index in [1.807, 2.05) is 36.4 Å². The summed E-state index contributed by atoms with van der Waals surface area (Å²) in [5.41, 5.74) is 3.02. The van der Waals surface area contributed by atoms with Crippen molar-refractivity contribution >= 4 is 46.4 Å². The number of unbranched alkanes of at least 4 members (excludes halogenated alkanes) is 3. The molecule has 0 unspecified atom stereocenters. The van der Waals surface area contributed by atoms with E-state index in [9.17, 15) is 0 Å². The van der Waals surface area contributed by atoms with Crippen LogP contribution in [0, 0.1) is 0 Å². The van der Waals surface area contributed by atoms with Crippen molar-refractivity contribution in [2.75, 3.05) is 0 Å². The number of para-hydroxylation sites is 2. The number of hydrogen-bond donors (Lipinski definition) is 0. The number of aryl methyl sites for hydroxylation is 1. The van der Waals surface area contributed by atoms with Crippen LogP contribution in [0.5, 0.6) is 0 Å². The van der Waals surface area contributed by atoms with Crippen LogP contribution >= 0.6 is 23.2 Å². The van der Waals surface area contributed by atoms with Gasteiger partial charge in [0.1, 0.15) is 5.82 Å². The van der Waals surface area contributed by atoms with Gasteiger partial charge in [0, 0.05) is 22.2 Å². The largest absolute Gasteiger partial charge is 0.324 e. The molecule has 0 fully saturated rings. The first-order valence-electron chi connectivity index (χ1n) is 8.78. The topological polar surface area (TPSA) is 17.8 Å². The summed E-state index contributed by atoms with van der Waals surface area (Å²) in [7, 11) is 0. The molecular weight excluding hydrogens is 351 g/mol. The zero-order valence-corrected chi connectivity index (χ0v) is 15.9. The molecule has 0 saturated heterocycles. The highest BCUT2D eigenvalue weighted by Crippen LogP contribution is 2.27. The lowest BCUT2D eigenvalue weighted by molar-refractivity contribution is 0.589. The van der Waals surface area contributed by atoms with E-state index in [1.165, 1.54) is 24.8 Å². The fourth-order valence-corrected chi connectivity index (χ4v) is 3.50. The number of fused-ring (bicyclic) bond motifs is 1. The minimum absolute atomic E-state index is 0.648. The molecule has 4 heteroatoms. The highest BCUT2D eigenvalue weighted by Gasteiger charge is 2.08. The first-order valence-corrected chi connectivity index (χ1v) is 9.53. The van der Waals surface area contributed by atoms with Crippen LogP contribution in [0.2, 0.25) is 10.0 Å². The number of nitrogens with zero attached hydrogens (tertiary/aromatic N) is 2. The second-order valence-corrected chi connectivity index (χ2v) is 6.95. The normalized spacial score (nSPS) is 11.6. The standard InChI is InChI=1S/C21H22Cl2N2/c1-2-3-4-7-15-25-20-12-6-5-11-19(20)24-21(25)14-13-16-17(22)9-8-10-18(16)23/h5-6,8-14H,2-4,7,15H2,1H3/b14-13+. The smallest absolute Gasteiger partial charge is 0.133 e. The molecule has 3 aromatic rings. The summed E-state index contributed by atoms with van der Waals surface area (Å²) in [4.78, 5) is 4.78. The van der Waals surface area contributed by atoms with Gasteiger partial charge in [-0.15, -0.1) is 0 Å². The van der Waals surface area contributed by atoms with E-state index in [1.54, 1.807) is 0 Å².